The van der Waals surface area contributed by atoms with Gasteiger partial charge in [-0.2, -0.15) is 0 Å². The predicted molar refractivity (Wildman–Crippen MR) is 83.9 cm³/mol. The zero-order valence-electron chi connectivity index (χ0n) is 9.91. The molecule has 0 aliphatic heterocycles. The first kappa shape index (κ1) is 21.4. The van der Waals surface area contributed by atoms with Crippen molar-refractivity contribution in [3.63, 3.8) is 0 Å². The van der Waals surface area contributed by atoms with E-state index in [1.165, 1.54) is 0 Å². The third-order valence-electron chi connectivity index (χ3n) is 1.60. The van der Waals surface area contributed by atoms with Crippen LogP contribution in [-0.2, 0) is 9.05 Å². The van der Waals surface area contributed by atoms with Gasteiger partial charge >= 0.3 is 154 Å². The van der Waals surface area contributed by atoms with E-state index in [-0.39, 0.29) is 0 Å². The molecule has 19 heavy (non-hydrogen) atoms. The fourth-order valence-corrected chi connectivity index (χ4v) is 4.11. The molecule has 0 heterocycles. The Hall–Kier alpha value is 2.44. The van der Waals surface area contributed by atoms with Gasteiger partial charge < -0.3 is 0 Å². The summed E-state index contributed by atoms with van der Waals surface area (Å²) in [5.41, 5.74) is 0. The van der Waals surface area contributed by atoms with E-state index >= 15 is 0 Å². The molecule has 116 valence electrons. The van der Waals surface area contributed by atoms with Crippen LogP contribution in [0.15, 0.2) is 0 Å². The zero-order valence-corrected chi connectivity index (χ0v) is 17.0. The van der Waals surface area contributed by atoms with Gasteiger partial charge in [0.2, 0.25) is 0 Å². The van der Waals surface area contributed by atoms with Gasteiger partial charge in [0, 0.05) is 0 Å². The van der Waals surface area contributed by atoms with E-state index in [0.29, 0.717) is 39.1 Å². The second-order valence-electron chi connectivity index (χ2n) is 3.26. The summed E-state index contributed by atoms with van der Waals surface area (Å²) >= 11 is 30.9. The molecule has 0 rings (SSSR count). The molecule has 0 amide bonds. The van der Waals surface area contributed by atoms with Crippen molar-refractivity contribution in [2.24, 2.45) is 0 Å². The Kier molecular flexibility index (Phi) is 15.9. The van der Waals surface area contributed by atoms with Crippen LogP contribution in [0, 0.1) is 0 Å². The molecule has 0 spiro atoms. The van der Waals surface area contributed by atoms with Crippen LogP contribution in [-0.4, -0.2) is 55.8 Å². The van der Waals surface area contributed by atoms with E-state index < -0.39 is 36.0 Å². The van der Waals surface area contributed by atoms with Gasteiger partial charge in [-0.1, -0.05) is 0 Å². The molecule has 0 bridgehead atoms. The standard InChI is InChI=1S/3C3H5Cl2O.Sb/c3*4-3(5)1-2-6;/h3*3H,1-2H2;/q3*-1;+3. The van der Waals surface area contributed by atoms with Crippen LogP contribution in [0.3, 0.4) is 0 Å². The van der Waals surface area contributed by atoms with E-state index in [1.54, 1.807) is 0 Å². The number of halogens is 6. The molecule has 0 N–H and O–H groups in total. The Balaban J connectivity index is 3.85. The Labute approximate surface area is 152 Å². The summed E-state index contributed by atoms with van der Waals surface area (Å²) in [6, 6.07) is 0. The molecule has 0 saturated carbocycles. The molecule has 0 atom stereocenters. The van der Waals surface area contributed by atoms with Gasteiger partial charge in [-0.25, -0.2) is 0 Å². The van der Waals surface area contributed by atoms with Crippen molar-refractivity contribution >= 4 is 91.1 Å². The first-order valence-electron chi connectivity index (χ1n) is 5.45. The quantitative estimate of drug-likeness (QED) is 0.287. The van der Waals surface area contributed by atoms with Crippen LogP contribution in [0.25, 0.3) is 0 Å². The van der Waals surface area contributed by atoms with E-state index in [1.807, 2.05) is 0 Å². The van der Waals surface area contributed by atoms with Crippen LogP contribution in [0.5, 0.6) is 0 Å². The molecule has 0 radical (unpaired) electrons. The summed E-state index contributed by atoms with van der Waals surface area (Å²) < 4.78 is 16.5. The second-order valence-corrected chi connectivity index (χ2v) is 10.6. The maximum absolute atomic E-state index is 5.61. The van der Waals surface area contributed by atoms with E-state index in [0.717, 1.165) is 0 Å². The molecule has 0 aliphatic rings. The number of hydrogen-bond acceptors (Lipinski definition) is 3. The van der Waals surface area contributed by atoms with Gasteiger partial charge in [0.15, 0.2) is 0 Å². The maximum atomic E-state index is 5.61. The molecule has 0 aromatic carbocycles. The van der Waals surface area contributed by atoms with Crippen molar-refractivity contribution in [2.45, 2.75) is 33.8 Å². The average molecular weight is 506 g/mol. The Morgan fingerprint density at radius 2 is 0.842 bits per heavy atom. The average Bonchev–Trinajstić information content (AvgIpc) is 2.26. The first-order chi connectivity index (χ1) is 8.91. The van der Waals surface area contributed by atoms with Crippen molar-refractivity contribution in [1.29, 1.82) is 0 Å². The van der Waals surface area contributed by atoms with Crippen molar-refractivity contribution in [2.75, 3.05) is 19.8 Å². The van der Waals surface area contributed by atoms with Gasteiger partial charge in [-0.3, -0.25) is 0 Å². The normalized spacial score (nSPS) is 12.3. The Morgan fingerprint density at radius 3 is 1.05 bits per heavy atom. The van der Waals surface area contributed by atoms with E-state index in [9.17, 15) is 0 Å². The van der Waals surface area contributed by atoms with Gasteiger partial charge in [0.25, 0.3) is 0 Å². The van der Waals surface area contributed by atoms with E-state index in [4.69, 9.17) is 78.7 Å². The molecule has 0 aromatic rings. The van der Waals surface area contributed by atoms with Gasteiger partial charge in [-0.05, 0) is 0 Å². The third kappa shape index (κ3) is 16.6. The van der Waals surface area contributed by atoms with Crippen molar-refractivity contribution in [1.82, 2.24) is 0 Å². The molecular formula is C9H15Cl6O3Sb. The van der Waals surface area contributed by atoms with Crippen LogP contribution in [0.2, 0.25) is 0 Å². The van der Waals surface area contributed by atoms with Crippen LogP contribution in [0.1, 0.15) is 19.3 Å². The molecule has 0 aromatic heterocycles. The summed E-state index contributed by atoms with van der Waals surface area (Å²) in [7, 11) is 0. The van der Waals surface area contributed by atoms with Crippen LogP contribution >= 0.6 is 69.6 Å². The monoisotopic (exact) mass is 502 g/mol. The summed E-state index contributed by atoms with van der Waals surface area (Å²) in [6.45, 7) is 1.16. The third-order valence-corrected chi connectivity index (χ3v) is 6.28. The van der Waals surface area contributed by atoms with Crippen LogP contribution in [0.4, 0.5) is 0 Å². The summed E-state index contributed by atoms with van der Waals surface area (Å²) in [6.07, 6.45) is 1.54. The minimum atomic E-state index is -2.72. The summed E-state index contributed by atoms with van der Waals surface area (Å²) in [5, 5.41) is 0. The van der Waals surface area contributed by atoms with Gasteiger partial charge in [0.1, 0.15) is 0 Å². The first-order valence-corrected chi connectivity index (χ1v) is 11.2. The van der Waals surface area contributed by atoms with E-state index in [2.05, 4.69) is 0 Å². The van der Waals surface area contributed by atoms with Crippen molar-refractivity contribution in [3.8, 4) is 0 Å². The van der Waals surface area contributed by atoms with Crippen molar-refractivity contribution in [3.05, 3.63) is 0 Å². The molecule has 0 saturated heterocycles. The second kappa shape index (κ2) is 14.1. The van der Waals surface area contributed by atoms with Gasteiger partial charge in [-0.15, -0.1) is 0 Å². The topological polar surface area (TPSA) is 27.7 Å². The van der Waals surface area contributed by atoms with Gasteiger partial charge in [0.05, 0.1) is 0 Å². The Bertz CT molecular complexity index is 177. The Morgan fingerprint density at radius 1 is 0.579 bits per heavy atom. The fraction of sp³-hybridized carbons (Fsp3) is 1.00. The molecular weight excluding hydrogens is 491 g/mol. The fourth-order valence-electron chi connectivity index (χ4n) is 0.761. The molecule has 0 fully saturated rings. The summed E-state index contributed by atoms with van der Waals surface area (Å²) in [4.78, 5) is -1.40. The van der Waals surface area contributed by atoms with Crippen LogP contribution < -0.4 is 0 Å². The number of hydrogen-bond donors (Lipinski definition) is 0. The molecule has 0 unspecified atom stereocenters. The van der Waals surface area contributed by atoms with Crippen molar-refractivity contribution < 1.29 is 9.05 Å². The number of rotatable bonds is 12. The minimum absolute atomic E-state index is 0.386. The zero-order chi connectivity index (χ0) is 14.7. The summed E-state index contributed by atoms with van der Waals surface area (Å²) in [5.74, 6) is 0. The SMILES string of the molecule is ClC(Cl)CC[O][Sb]([O]CCC(Cl)Cl)[O]CCC(Cl)Cl. The molecule has 0 aliphatic carbocycles. The predicted octanol–water partition coefficient (Wildman–Crippen LogP) is 4.60. The molecule has 10 heteroatoms. The number of alkyl halides is 6. The molecule has 3 nitrogen and oxygen atoms in total.